The van der Waals surface area contributed by atoms with E-state index in [-0.39, 0.29) is 0 Å². The molecule has 0 fully saturated rings. The number of hydrogen-bond donors (Lipinski definition) is 3. The molecule has 4 heteroatoms. The minimum atomic E-state index is -1.40. The van der Waals surface area contributed by atoms with Crippen molar-refractivity contribution in [3.05, 3.63) is 29.3 Å². The number of hydrogen-bond acceptors (Lipinski definition) is 4. The summed E-state index contributed by atoms with van der Waals surface area (Å²) in [4.78, 5) is 0. The molecule has 0 bridgehead atoms. The lowest BCUT2D eigenvalue weighted by Gasteiger charge is -2.13. The zero-order chi connectivity index (χ0) is 10.7. The van der Waals surface area contributed by atoms with Gasteiger partial charge in [-0.15, -0.1) is 0 Å². The van der Waals surface area contributed by atoms with Crippen LogP contribution < -0.4 is 5.73 Å². The molecule has 0 aliphatic heterocycles. The lowest BCUT2D eigenvalue weighted by Crippen LogP contribution is -2.15. The standard InChI is InChI=1S/C10H12N2O2/c1-6-4-7(2-3-8(6)12)10(14)9(13)5-11/h2-4,9-10,13-14H,12H2,1H3. The van der Waals surface area contributed by atoms with Gasteiger partial charge in [0.25, 0.3) is 0 Å². The number of benzene rings is 1. The van der Waals surface area contributed by atoms with E-state index in [1.165, 1.54) is 0 Å². The summed E-state index contributed by atoms with van der Waals surface area (Å²) >= 11 is 0. The van der Waals surface area contributed by atoms with E-state index >= 15 is 0 Å². The van der Waals surface area contributed by atoms with Gasteiger partial charge in [-0.25, -0.2) is 0 Å². The van der Waals surface area contributed by atoms with Gasteiger partial charge < -0.3 is 15.9 Å². The van der Waals surface area contributed by atoms with Crippen LogP contribution in [0, 0.1) is 18.3 Å². The second-order valence-corrected chi connectivity index (χ2v) is 3.13. The molecule has 0 aliphatic rings. The first-order valence-electron chi connectivity index (χ1n) is 4.18. The van der Waals surface area contributed by atoms with Gasteiger partial charge in [0.15, 0.2) is 6.10 Å². The van der Waals surface area contributed by atoms with Crippen molar-refractivity contribution in [1.82, 2.24) is 0 Å². The van der Waals surface area contributed by atoms with E-state index in [0.717, 1.165) is 5.56 Å². The zero-order valence-electron chi connectivity index (χ0n) is 7.81. The molecule has 2 unspecified atom stereocenters. The predicted octanol–water partition coefficient (Wildman–Crippen LogP) is 0.495. The number of nitrogens with two attached hydrogens (primary N) is 1. The van der Waals surface area contributed by atoms with Crippen molar-refractivity contribution in [2.45, 2.75) is 19.1 Å². The van der Waals surface area contributed by atoms with E-state index in [4.69, 9.17) is 16.1 Å². The molecular formula is C10H12N2O2. The maximum absolute atomic E-state index is 9.49. The van der Waals surface area contributed by atoms with Crippen molar-refractivity contribution in [3.8, 4) is 6.07 Å². The second kappa shape index (κ2) is 4.09. The first-order valence-corrected chi connectivity index (χ1v) is 4.18. The molecule has 0 radical (unpaired) electrons. The van der Waals surface area contributed by atoms with Crippen LogP contribution in [0.4, 0.5) is 5.69 Å². The fourth-order valence-corrected chi connectivity index (χ4v) is 1.14. The fourth-order valence-electron chi connectivity index (χ4n) is 1.14. The highest BCUT2D eigenvalue weighted by Crippen LogP contribution is 2.20. The Kier molecular flexibility index (Phi) is 3.07. The summed E-state index contributed by atoms with van der Waals surface area (Å²) in [6, 6.07) is 6.45. The third-order valence-corrected chi connectivity index (χ3v) is 2.07. The molecule has 4 nitrogen and oxygen atoms in total. The third kappa shape index (κ3) is 2.02. The van der Waals surface area contributed by atoms with Crippen LogP contribution in [-0.4, -0.2) is 16.3 Å². The smallest absolute Gasteiger partial charge is 0.170 e. The number of rotatable bonds is 2. The number of aliphatic hydroxyl groups is 2. The number of nitrogens with zero attached hydrogens (tertiary/aromatic N) is 1. The summed E-state index contributed by atoms with van der Waals surface area (Å²) in [5, 5.41) is 27.0. The number of nitrogen functional groups attached to an aromatic ring is 1. The normalized spacial score (nSPS) is 14.4. The maximum atomic E-state index is 9.49. The van der Waals surface area contributed by atoms with Crippen molar-refractivity contribution in [2.75, 3.05) is 5.73 Å². The van der Waals surface area contributed by atoms with Gasteiger partial charge in [0, 0.05) is 5.69 Å². The van der Waals surface area contributed by atoms with Crippen molar-refractivity contribution < 1.29 is 10.2 Å². The molecule has 74 valence electrons. The Bertz CT molecular complexity index is 371. The Labute approximate surface area is 82.2 Å². The summed E-state index contributed by atoms with van der Waals surface area (Å²) < 4.78 is 0. The highest BCUT2D eigenvalue weighted by atomic mass is 16.3. The molecule has 0 spiro atoms. The van der Waals surface area contributed by atoms with Crippen LogP contribution in [0.1, 0.15) is 17.2 Å². The molecule has 0 heterocycles. The van der Waals surface area contributed by atoms with Gasteiger partial charge in [0.05, 0.1) is 6.07 Å². The van der Waals surface area contributed by atoms with E-state index < -0.39 is 12.2 Å². The molecule has 1 aromatic rings. The minimum absolute atomic E-state index is 0.491. The van der Waals surface area contributed by atoms with Gasteiger partial charge in [-0.05, 0) is 24.1 Å². The molecule has 2 atom stereocenters. The van der Waals surface area contributed by atoms with E-state index in [0.29, 0.717) is 11.3 Å². The Hall–Kier alpha value is -1.57. The first-order chi connectivity index (χ1) is 6.56. The SMILES string of the molecule is Cc1cc(C(O)C(O)C#N)ccc1N. The number of anilines is 1. The van der Waals surface area contributed by atoms with Crippen LogP contribution >= 0.6 is 0 Å². The molecule has 1 aromatic carbocycles. The number of aliphatic hydroxyl groups excluding tert-OH is 2. The van der Waals surface area contributed by atoms with Crippen LogP contribution in [0.2, 0.25) is 0 Å². The van der Waals surface area contributed by atoms with Gasteiger partial charge in [0.1, 0.15) is 6.10 Å². The molecule has 4 N–H and O–H groups in total. The highest BCUT2D eigenvalue weighted by Gasteiger charge is 2.17. The Balaban J connectivity index is 2.98. The number of nitriles is 1. The Morgan fingerprint density at radius 3 is 2.57 bits per heavy atom. The van der Waals surface area contributed by atoms with Crippen LogP contribution in [0.5, 0.6) is 0 Å². The molecular weight excluding hydrogens is 180 g/mol. The largest absolute Gasteiger partial charge is 0.399 e. The molecule has 1 rings (SSSR count). The predicted molar refractivity (Wildman–Crippen MR) is 52.2 cm³/mol. The van der Waals surface area contributed by atoms with Crippen molar-refractivity contribution in [1.29, 1.82) is 5.26 Å². The van der Waals surface area contributed by atoms with Crippen LogP contribution in [0.15, 0.2) is 18.2 Å². The van der Waals surface area contributed by atoms with E-state index in [2.05, 4.69) is 0 Å². The Morgan fingerprint density at radius 1 is 1.43 bits per heavy atom. The van der Waals surface area contributed by atoms with Gasteiger partial charge in [0.2, 0.25) is 0 Å². The third-order valence-electron chi connectivity index (χ3n) is 2.07. The molecule has 0 aliphatic carbocycles. The Morgan fingerprint density at radius 2 is 2.07 bits per heavy atom. The average Bonchev–Trinajstić information content (AvgIpc) is 2.20. The fraction of sp³-hybridized carbons (Fsp3) is 0.300. The first kappa shape index (κ1) is 10.5. The van der Waals surface area contributed by atoms with Gasteiger partial charge >= 0.3 is 0 Å². The van der Waals surface area contributed by atoms with Crippen molar-refractivity contribution in [3.63, 3.8) is 0 Å². The van der Waals surface area contributed by atoms with Crippen LogP contribution in [-0.2, 0) is 0 Å². The summed E-state index contributed by atoms with van der Waals surface area (Å²) in [5.74, 6) is 0. The summed E-state index contributed by atoms with van der Waals surface area (Å²) in [5.41, 5.74) is 7.51. The van der Waals surface area contributed by atoms with Gasteiger partial charge in [-0.1, -0.05) is 12.1 Å². The molecule has 0 saturated heterocycles. The number of aryl methyl sites for hydroxylation is 1. The van der Waals surface area contributed by atoms with Gasteiger partial charge in [-0.2, -0.15) is 5.26 Å². The highest BCUT2D eigenvalue weighted by molar-refractivity contribution is 5.48. The molecule has 0 aromatic heterocycles. The molecule has 0 saturated carbocycles. The van der Waals surface area contributed by atoms with Gasteiger partial charge in [-0.3, -0.25) is 0 Å². The average molecular weight is 192 g/mol. The van der Waals surface area contributed by atoms with Crippen LogP contribution in [0.3, 0.4) is 0 Å². The lowest BCUT2D eigenvalue weighted by molar-refractivity contribution is 0.0528. The van der Waals surface area contributed by atoms with Crippen molar-refractivity contribution in [2.24, 2.45) is 0 Å². The summed E-state index contributed by atoms with van der Waals surface area (Å²) in [7, 11) is 0. The molecule has 14 heavy (non-hydrogen) atoms. The summed E-state index contributed by atoms with van der Waals surface area (Å²) in [6.45, 7) is 1.80. The quantitative estimate of drug-likeness (QED) is 0.470. The maximum Gasteiger partial charge on any atom is 0.170 e. The van der Waals surface area contributed by atoms with E-state index in [9.17, 15) is 5.11 Å². The lowest BCUT2D eigenvalue weighted by atomic mass is 10.0. The van der Waals surface area contributed by atoms with Crippen LogP contribution in [0.25, 0.3) is 0 Å². The van der Waals surface area contributed by atoms with E-state index in [1.807, 2.05) is 0 Å². The molecule has 0 amide bonds. The zero-order valence-corrected chi connectivity index (χ0v) is 7.81. The second-order valence-electron chi connectivity index (χ2n) is 3.13. The minimum Gasteiger partial charge on any atom is -0.399 e. The monoisotopic (exact) mass is 192 g/mol. The van der Waals surface area contributed by atoms with Crippen molar-refractivity contribution >= 4 is 5.69 Å². The van der Waals surface area contributed by atoms with E-state index in [1.54, 1.807) is 31.2 Å². The summed E-state index contributed by atoms with van der Waals surface area (Å²) in [6.07, 6.45) is -2.59. The topological polar surface area (TPSA) is 90.3 Å².